The highest BCUT2D eigenvalue weighted by atomic mass is 79.9. The van der Waals surface area contributed by atoms with Crippen LogP contribution in [0.2, 0.25) is 5.02 Å². The van der Waals surface area contributed by atoms with E-state index in [2.05, 4.69) is 33.9 Å². The van der Waals surface area contributed by atoms with Crippen LogP contribution in [0, 0.1) is 0 Å². The minimum Gasteiger partial charge on any atom is -0.321 e. The highest BCUT2D eigenvalue weighted by molar-refractivity contribution is 9.10. The predicted molar refractivity (Wildman–Crippen MR) is 80.8 cm³/mol. The van der Waals surface area contributed by atoms with Gasteiger partial charge >= 0.3 is 0 Å². The van der Waals surface area contributed by atoms with Crippen LogP contribution in [0.1, 0.15) is 10.4 Å². The normalized spacial score (nSPS) is 10.2. The average molecular weight is 343 g/mol. The molecule has 2 nitrogen and oxygen atoms in total. The molecule has 0 fully saturated rings. The van der Waals surface area contributed by atoms with Gasteiger partial charge in [0.05, 0.1) is 15.2 Å². The molecule has 0 unspecified atom stereocenters. The predicted octanol–water partition coefficient (Wildman–Crippen LogP) is 4.64. The fraction of sp³-hybridized carbons (Fsp3) is 0. The molecule has 1 N–H and O–H groups in total. The van der Waals surface area contributed by atoms with E-state index in [0.29, 0.717) is 20.7 Å². The van der Waals surface area contributed by atoms with Crippen molar-refractivity contribution in [2.75, 3.05) is 5.32 Å². The average Bonchev–Trinajstić information content (AvgIpc) is 2.35. The van der Waals surface area contributed by atoms with Crippen molar-refractivity contribution in [1.82, 2.24) is 0 Å². The summed E-state index contributed by atoms with van der Waals surface area (Å²) in [4.78, 5) is 12.8. The number of benzene rings is 2. The zero-order chi connectivity index (χ0) is 13.1. The molecule has 0 saturated carbocycles. The smallest absolute Gasteiger partial charge is 0.255 e. The minimum absolute atomic E-state index is 0.200. The van der Waals surface area contributed by atoms with Crippen LogP contribution in [0.15, 0.2) is 51.8 Å². The molecule has 2 rings (SSSR count). The Kier molecular flexibility index (Phi) is 4.32. The van der Waals surface area contributed by atoms with E-state index in [1.165, 1.54) is 0 Å². The van der Waals surface area contributed by atoms with Crippen molar-refractivity contribution >= 4 is 51.8 Å². The Bertz CT molecular complexity index is 603. The SMILES string of the molecule is O=C(Nc1cccc(Cl)c1Br)c1cccc(S)c1. The quantitative estimate of drug-likeness (QED) is 0.765. The van der Waals surface area contributed by atoms with Crippen LogP contribution in [0.5, 0.6) is 0 Å². The maximum Gasteiger partial charge on any atom is 0.255 e. The molecular formula is C13H9BrClNOS. The third kappa shape index (κ3) is 3.07. The molecular weight excluding hydrogens is 334 g/mol. The van der Waals surface area contributed by atoms with Gasteiger partial charge in [0.15, 0.2) is 0 Å². The maximum atomic E-state index is 12.0. The van der Waals surface area contributed by atoms with Crippen LogP contribution >= 0.6 is 40.2 Å². The highest BCUT2D eigenvalue weighted by Crippen LogP contribution is 2.30. The number of thiol groups is 1. The molecule has 92 valence electrons. The molecule has 0 spiro atoms. The van der Waals surface area contributed by atoms with Crippen molar-refractivity contribution in [3.8, 4) is 0 Å². The number of hydrogen-bond acceptors (Lipinski definition) is 2. The lowest BCUT2D eigenvalue weighted by molar-refractivity contribution is 0.102. The molecule has 0 heterocycles. The first-order valence-electron chi connectivity index (χ1n) is 5.12. The van der Waals surface area contributed by atoms with Crippen molar-refractivity contribution in [3.63, 3.8) is 0 Å². The number of hydrogen-bond donors (Lipinski definition) is 2. The van der Waals surface area contributed by atoms with Crippen LogP contribution in [0.25, 0.3) is 0 Å². The lowest BCUT2D eigenvalue weighted by Crippen LogP contribution is -2.12. The zero-order valence-electron chi connectivity index (χ0n) is 9.15. The third-order valence-corrected chi connectivity index (χ3v) is 3.98. The van der Waals surface area contributed by atoms with Gasteiger partial charge < -0.3 is 5.32 Å². The van der Waals surface area contributed by atoms with Crippen LogP contribution in [-0.4, -0.2) is 5.91 Å². The summed E-state index contributed by atoms with van der Waals surface area (Å²) in [6, 6.07) is 12.3. The lowest BCUT2D eigenvalue weighted by atomic mass is 10.2. The second-order valence-electron chi connectivity index (χ2n) is 3.61. The van der Waals surface area contributed by atoms with Crippen LogP contribution in [0.4, 0.5) is 5.69 Å². The molecule has 5 heteroatoms. The van der Waals surface area contributed by atoms with E-state index < -0.39 is 0 Å². The summed E-state index contributed by atoms with van der Waals surface area (Å²) >= 11 is 13.5. The van der Waals surface area contributed by atoms with Crippen LogP contribution in [0.3, 0.4) is 0 Å². The number of rotatable bonds is 2. The van der Waals surface area contributed by atoms with E-state index in [1.807, 2.05) is 6.07 Å². The van der Waals surface area contributed by atoms with Crippen molar-refractivity contribution in [3.05, 3.63) is 57.5 Å². The van der Waals surface area contributed by atoms with Gasteiger partial charge in [-0.05, 0) is 46.3 Å². The Balaban J connectivity index is 2.24. The first-order valence-corrected chi connectivity index (χ1v) is 6.74. The van der Waals surface area contributed by atoms with Gasteiger partial charge in [0.1, 0.15) is 0 Å². The Hall–Kier alpha value is -0.970. The Labute approximate surface area is 124 Å². The van der Waals surface area contributed by atoms with Crippen molar-refractivity contribution in [2.45, 2.75) is 4.90 Å². The number of carbonyl (C=O) groups excluding carboxylic acids is 1. The largest absolute Gasteiger partial charge is 0.321 e. The molecule has 0 atom stereocenters. The van der Waals surface area contributed by atoms with E-state index in [-0.39, 0.29) is 5.91 Å². The van der Waals surface area contributed by atoms with E-state index in [9.17, 15) is 4.79 Å². The maximum absolute atomic E-state index is 12.0. The Morgan fingerprint density at radius 1 is 1.22 bits per heavy atom. The Morgan fingerprint density at radius 3 is 2.67 bits per heavy atom. The molecule has 2 aromatic carbocycles. The van der Waals surface area contributed by atoms with E-state index in [4.69, 9.17) is 11.6 Å². The first-order chi connectivity index (χ1) is 8.58. The highest BCUT2D eigenvalue weighted by Gasteiger charge is 2.09. The van der Waals surface area contributed by atoms with Gasteiger partial charge in [0.25, 0.3) is 5.91 Å². The summed E-state index contributed by atoms with van der Waals surface area (Å²) in [5, 5.41) is 3.34. The van der Waals surface area contributed by atoms with Gasteiger partial charge in [0.2, 0.25) is 0 Å². The summed E-state index contributed by atoms with van der Waals surface area (Å²) in [6.07, 6.45) is 0. The fourth-order valence-corrected chi connectivity index (χ4v) is 2.21. The number of carbonyl (C=O) groups is 1. The van der Waals surface area contributed by atoms with Crippen molar-refractivity contribution in [1.29, 1.82) is 0 Å². The molecule has 0 aromatic heterocycles. The standard InChI is InChI=1S/C13H9BrClNOS/c14-12-10(15)5-2-6-11(12)16-13(17)8-3-1-4-9(18)7-8/h1-7,18H,(H,16,17). The number of anilines is 1. The monoisotopic (exact) mass is 341 g/mol. The van der Waals surface area contributed by atoms with Crippen molar-refractivity contribution < 1.29 is 4.79 Å². The molecule has 2 aromatic rings. The zero-order valence-corrected chi connectivity index (χ0v) is 12.4. The van der Waals surface area contributed by atoms with Gasteiger partial charge in [-0.25, -0.2) is 0 Å². The molecule has 0 aliphatic carbocycles. The number of nitrogens with one attached hydrogen (secondary N) is 1. The third-order valence-electron chi connectivity index (χ3n) is 2.31. The van der Waals surface area contributed by atoms with Gasteiger partial charge in [-0.15, -0.1) is 12.6 Å². The molecule has 0 aliphatic rings. The molecule has 0 saturated heterocycles. The molecule has 0 aliphatic heterocycles. The topological polar surface area (TPSA) is 29.1 Å². The van der Waals surface area contributed by atoms with Gasteiger partial charge in [-0.3, -0.25) is 4.79 Å². The van der Waals surface area contributed by atoms with E-state index in [0.717, 1.165) is 4.90 Å². The van der Waals surface area contributed by atoms with E-state index >= 15 is 0 Å². The fourth-order valence-electron chi connectivity index (χ4n) is 1.44. The van der Waals surface area contributed by atoms with Crippen LogP contribution < -0.4 is 5.32 Å². The lowest BCUT2D eigenvalue weighted by Gasteiger charge is -2.08. The Morgan fingerprint density at radius 2 is 1.94 bits per heavy atom. The second-order valence-corrected chi connectivity index (χ2v) is 5.32. The van der Waals surface area contributed by atoms with Gasteiger partial charge in [0, 0.05) is 10.5 Å². The summed E-state index contributed by atoms with van der Waals surface area (Å²) in [5.41, 5.74) is 1.19. The molecule has 18 heavy (non-hydrogen) atoms. The summed E-state index contributed by atoms with van der Waals surface area (Å²) in [7, 11) is 0. The molecule has 0 bridgehead atoms. The summed E-state index contributed by atoms with van der Waals surface area (Å²) < 4.78 is 0.669. The number of halogens is 2. The van der Waals surface area contributed by atoms with Gasteiger partial charge in [-0.2, -0.15) is 0 Å². The number of amides is 1. The molecule has 1 amide bonds. The minimum atomic E-state index is -0.200. The summed E-state index contributed by atoms with van der Waals surface area (Å²) in [6.45, 7) is 0. The van der Waals surface area contributed by atoms with Crippen LogP contribution in [-0.2, 0) is 0 Å². The molecule has 0 radical (unpaired) electrons. The summed E-state index contributed by atoms with van der Waals surface area (Å²) in [5.74, 6) is -0.200. The second kappa shape index (κ2) is 5.78. The van der Waals surface area contributed by atoms with Gasteiger partial charge in [-0.1, -0.05) is 23.7 Å². The van der Waals surface area contributed by atoms with Crippen molar-refractivity contribution in [2.24, 2.45) is 0 Å². The first kappa shape index (κ1) is 13.5. The van der Waals surface area contributed by atoms with E-state index in [1.54, 1.807) is 36.4 Å².